The van der Waals surface area contributed by atoms with Crippen LogP contribution in [0.2, 0.25) is 0 Å². The van der Waals surface area contributed by atoms with E-state index in [0.29, 0.717) is 18.8 Å². The molecule has 0 saturated carbocycles. The third-order valence-corrected chi connectivity index (χ3v) is 5.77. The largest absolute Gasteiger partial charge is 0.497 e. The van der Waals surface area contributed by atoms with Crippen LogP contribution in [-0.2, 0) is 14.3 Å². The first-order valence-corrected chi connectivity index (χ1v) is 10.7. The highest BCUT2D eigenvalue weighted by Crippen LogP contribution is 2.40. The van der Waals surface area contributed by atoms with Crippen molar-refractivity contribution < 1.29 is 24.1 Å². The molecule has 1 fully saturated rings. The van der Waals surface area contributed by atoms with E-state index in [1.807, 2.05) is 42.2 Å². The summed E-state index contributed by atoms with van der Waals surface area (Å²) in [4.78, 5) is 15.0. The van der Waals surface area contributed by atoms with Gasteiger partial charge in [-0.3, -0.25) is 4.79 Å². The Hall–Kier alpha value is -2.05. The smallest absolute Gasteiger partial charge is 0.288 e. The normalized spacial score (nSPS) is 24.6. The average Bonchev–Trinajstić information content (AvgIpc) is 2.78. The van der Waals surface area contributed by atoms with Gasteiger partial charge in [0.1, 0.15) is 5.75 Å². The lowest BCUT2D eigenvalue weighted by atomic mass is 9.80. The van der Waals surface area contributed by atoms with Crippen molar-refractivity contribution in [2.75, 3.05) is 33.4 Å². The number of carbonyl (C=O) groups excluding carboxylic acids is 1. The van der Waals surface area contributed by atoms with Crippen LogP contribution in [0.4, 0.5) is 0 Å². The predicted octanol–water partition coefficient (Wildman–Crippen LogP) is 3.46. The van der Waals surface area contributed by atoms with Gasteiger partial charge in [-0.15, -0.1) is 0 Å². The maximum atomic E-state index is 13.1. The van der Waals surface area contributed by atoms with Crippen molar-refractivity contribution >= 4 is 5.91 Å². The SMILES string of the molecule is CCO[C@@H]1OC(C(=O)N2CCCCC2)=C[C@H](c2ccc(OC)cc2)[C@@H]1CCCO. The van der Waals surface area contributed by atoms with E-state index >= 15 is 0 Å². The molecule has 2 heterocycles. The molecule has 0 aliphatic carbocycles. The number of allylic oxidation sites excluding steroid dienone is 1. The summed E-state index contributed by atoms with van der Waals surface area (Å²) in [6.45, 7) is 4.11. The molecule has 29 heavy (non-hydrogen) atoms. The summed E-state index contributed by atoms with van der Waals surface area (Å²) in [5.74, 6) is 1.12. The number of amides is 1. The molecule has 6 heteroatoms. The van der Waals surface area contributed by atoms with Crippen molar-refractivity contribution in [3.63, 3.8) is 0 Å². The van der Waals surface area contributed by atoms with Crippen LogP contribution >= 0.6 is 0 Å². The summed E-state index contributed by atoms with van der Waals surface area (Å²) >= 11 is 0. The van der Waals surface area contributed by atoms with Gasteiger partial charge in [-0.1, -0.05) is 12.1 Å². The second-order valence-electron chi connectivity index (χ2n) is 7.65. The first kappa shape index (κ1) is 21.7. The minimum Gasteiger partial charge on any atom is -0.497 e. The Morgan fingerprint density at radius 3 is 2.55 bits per heavy atom. The van der Waals surface area contributed by atoms with Gasteiger partial charge in [-0.25, -0.2) is 0 Å². The summed E-state index contributed by atoms with van der Waals surface area (Å²) < 4.78 is 17.3. The number of nitrogens with zero attached hydrogens (tertiary/aromatic N) is 1. The Bertz CT molecular complexity index is 681. The number of piperidine rings is 1. The van der Waals surface area contributed by atoms with Gasteiger partial charge in [0, 0.05) is 38.1 Å². The maximum Gasteiger partial charge on any atom is 0.288 e. The average molecular weight is 404 g/mol. The number of rotatable bonds is 8. The summed E-state index contributed by atoms with van der Waals surface area (Å²) in [6, 6.07) is 7.93. The zero-order valence-electron chi connectivity index (χ0n) is 17.5. The van der Waals surface area contributed by atoms with Crippen molar-refractivity contribution in [3.8, 4) is 5.75 Å². The predicted molar refractivity (Wildman–Crippen MR) is 111 cm³/mol. The highest BCUT2D eigenvalue weighted by Gasteiger charge is 2.38. The number of aliphatic hydroxyl groups is 1. The van der Waals surface area contributed by atoms with Crippen molar-refractivity contribution in [2.24, 2.45) is 5.92 Å². The first-order valence-electron chi connectivity index (χ1n) is 10.7. The molecule has 2 aliphatic rings. The molecule has 160 valence electrons. The lowest BCUT2D eigenvalue weighted by Crippen LogP contribution is -2.42. The quantitative estimate of drug-likeness (QED) is 0.720. The lowest BCUT2D eigenvalue weighted by molar-refractivity contribution is -0.170. The summed E-state index contributed by atoms with van der Waals surface area (Å²) in [7, 11) is 1.65. The van der Waals surface area contributed by atoms with Gasteiger partial charge in [0.15, 0.2) is 5.76 Å². The molecule has 0 bridgehead atoms. The monoisotopic (exact) mass is 403 g/mol. The van der Waals surface area contributed by atoms with Crippen LogP contribution in [0.15, 0.2) is 36.1 Å². The molecule has 3 atom stereocenters. The van der Waals surface area contributed by atoms with Crippen LogP contribution in [0.5, 0.6) is 5.75 Å². The third kappa shape index (κ3) is 5.31. The molecule has 1 saturated heterocycles. The first-order chi connectivity index (χ1) is 14.2. The van der Waals surface area contributed by atoms with Gasteiger partial charge in [0.25, 0.3) is 5.91 Å². The summed E-state index contributed by atoms with van der Waals surface area (Å²) in [6.07, 6.45) is 6.10. The molecule has 3 rings (SSSR count). The number of carbonyl (C=O) groups is 1. The topological polar surface area (TPSA) is 68.2 Å². The molecule has 6 nitrogen and oxygen atoms in total. The standard InChI is InChI=1S/C23H33NO5/c1-3-28-23-19(8-7-15-25)20(17-9-11-18(27-2)12-10-17)16-21(29-23)22(26)24-13-5-4-6-14-24/h9-12,16,19-20,23,25H,3-8,13-15H2,1-2H3/t19-,20+,23+/m0/s1. The number of likely N-dealkylation sites (tertiary alicyclic amines) is 1. The molecule has 1 N–H and O–H groups in total. The van der Waals surface area contributed by atoms with Gasteiger partial charge in [-0.2, -0.15) is 0 Å². The van der Waals surface area contributed by atoms with E-state index in [0.717, 1.165) is 43.7 Å². The lowest BCUT2D eigenvalue weighted by Gasteiger charge is -2.38. The van der Waals surface area contributed by atoms with Crippen molar-refractivity contribution in [2.45, 2.75) is 51.2 Å². The molecule has 0 radical (unpaired) electrons. The Balaban J connectivity index is 1.92. The second kappa shape index (κ2) is 10.6. The van der Waals surface area contributed by atoms with Gasteiger partial charge in [-0.05, 0) is 62.8 Å². The van der Waals surface area contributed by atoms with Crippen LogP contribution in [0, 0.1) is 5.92 Å². The van der Waals surface area contributed by atoms with Crippen molar-refractivity contribution in [1.29, 1.82) is 0 Å². The Morgan fingerprint density at radius 2 is 1.93 bits per heavy atom. The van der Waals surface area contributed by atoms with Gasteiger partial charge < -0.3 is 24.2 Å². The zero-order valence-corrected chi connectivity index (χ0v) is 17.5. The van der Waals surface area contributed by atoms with Gasteiger partial charge in [0.05, 0.1) is 7.11 Å². The van der Waals surface area contributed by atoms with E-state index in [1.165, 1.54) is 6.42 Å². The fourth-order valence-electron chi connectivity index (χ4n) is 4.22. The minimum absolute atomic E-state index is 0.0217. The molecule has 1 aromatic carbocycles. The number of ether oxygens (including phenoxy) is 3. The molecular formula is C23H33NO5. The van der Waals surface area contributed by atoms with E-state index in [4.69, 9.17) is 14.2 Å². The van der Waals surface area contributed by atoms with E-state index < -0.39 is 6.29 Å². The second-order valence-corrected chi connectivity index (χ2v) is 7.65. The number of hydrogen-bond acceptors (Lipinski definition) is 5. The maximum absolute atomic E-state index is 13.1. The van der Waals surface area contributed by atoms with Crippen LogP contribution in [0.1, 0.15) is 50.5 Å². The number of methoxy groups -OCH3 is 1. The fraction of sp³-hybridized carbons (Fsp3) is 0.609. The fourth-order valence-corrected chi connectivity index (χ4v) is 4.22. The van der Waals surface area contributed by atoms with E-state index in [2.05, 4.69) is 0 Å². The highest BCUT2D eigenvalue weighted by atomic mass is 16.7. The Kier molecular flexibility index (Phi) is 7.95. The summed E-state index contributed by atoms with van der Waals surface area (Å²) in [5.41, 5.74) is 1.09. The zero-order chi connectivity index (χ0) is 20.6. The molecule has 1 amide bonds. The van der Waals surface area contributed by atoms with Crippen molar-refractivity contribution in [3.05, 3.63) is 41.7 Å². The van der Waals surface area contributed by atoms with Gasteiger partial charge >= 0.3 is 0 Å². The van der Waals surface area contributed by atoms with Crippen LogP contribution < -0.4 is 4.74 Å². The molecule has 0 aromatic heterocycles. The molecule has 1 aromatic rings. The highest BCUT2D eigenvalue weighted by molar-refractivity contribution is 5.91. The molecule has 0 spiro atoms. The minimum atomic E-state index is -0.507. The third-order valence-electron chi connectivity index (χ3n) is 5.77. The van der Waals surface area contributed by atoms with E-state index in [1.54, 1.807) is 7.11 Å². The van der Waals surface area contributed by atoms with E-state index in [-0.39, 0.29) is 24.3 Å². The van der Waals surface area contributed by atoms with Gasteiger partial charge in [0.2, 0.25) is 6.29 Å². The van der Waals surface area contributed by atoms with Crippen LogP contribution in [0.25, 0.3) is 0 Å². The number of aliphatic hydroxyl groups excluding tert-OH is 1. The molecular weight excluding hydrogens is 370 g/mol. The Morgan fingerprint density at radius 1 is 1.21 bits per heavy atom. The molecule has 0 unspecified atom stereocenters. The number of hydrogen-bond donors (Lipinski definition) is 1. The van der Waals surface area contributed by atoms with E-state index in [9.17, 15) is 9.90 Å². The van der Waals surface area contributed by atoms with Crippen LogP contribution in [-0.4, -0.2) is 55.6 Å². The van der Waals surface area contributed by atoms with Crippen LogP contribution in [0.3, 0.4) is 0 Å². The van der Waals surface area contributed by atoms with Crippen molar-refractivity contribution in [1.82, 2.24) is 4.90 Å². The summed E-state index contributed by atoms with van der Waals surface area (Å²) in [5, 5.41) is 9.37. The Labute approximate surface area is 173 Å². The number of benzene rings is 1. The molecule has 2 aliphatic heterocycles.